The molecular weight excluding hydrogens is 170 g/mol. The van der Waals surface area contributed by atoms with Gasteiger partial charge in [-0.15, -0.1) is 5.53 Å². The standard InChI is InChI=1S/C5H7N5O.C2H6/c1-10-2-6-3-4(10)7-9-8-5(3)11;1-2/h2,7,9H,1H3,(H,8,11);1-2H3. The van der Waals surface area contributed by atoms with Crippen LogP contribution in [0.15, 0.2) is 6.33 Å². The number of anilines is 1. The monoisotopic (exact) mass is 183 g/mol. The third-order valence-corrected chi connectivity index (χ3v) is 1.51. The molecule has 0 aliphatic carbocycles. The van der Waals surface area contributed by atoms with Gasteiger partial charge in [-0.1, -0.05) is 13.8 Å². The SMILES string of the molecule is CC.Cn1cnc2c1NNNC2=O. The summed E-state index contributed by atoms with van der Waals surface area (Å²) in [4.78, 5) is 14.9. The number of fused-ring (bicyclic) bond motifs is 1. The van der Waals surface area contributed by atoms with E-state index in [9.17, 15) is 4.79 Å². The second kappa shape index (κ2) is 3.90. The van der Waals surface area contributed by atoms with Crippen molar-refractivity contribution in [2.45, 2.75) is 13.8 Å². The molecule has 13 heavy (non-hydrogen) atoms. The Hall–Kier alpha value is -1.56. The number of carbonyl (C=O) groups is 1. The maximum absolute atomic E-state index is 11.0. The van der Waals surface area contributed by atoms with E-state index in [-0.39, 0.29) is 5.91 Å². The summed E-state index contributed by atoms with van der Waals surface area (Å²) in [5.74, 6) is 0.452. The first-order valence-corrected chi connectivity index (χ1v) is 4.11. The zero-order chi connectivity index (χ0) is 9.84. The molecule has 0 saturated carbocycles. The van der Waals surface area contributed by atoms with Crippen molar-refractivity contribution >= 4 is 11.7 Å². The summed E-state index contributed by atoms with van der Waals surface area (Å²) in [5, 5.41) is 0. The molecule has 6 heteroatoms. The Morgan fingerprint density at radius 3 is 2.69 bits per heavy atom. The highest BCUT2D eigenvalue weighted by Gasteiger charge is 2.19. The van der Waals surface area contributed by atoms with Crippen molar-refractivity contribution in [3.05, 3.63) is 12.0 Å². The molecule has 2 heterocycles. The van der Waals surface area contributed by atoms with E-state index in [0.717, 1.165) is 0 Å². The van der Waals surface area contributed by atoms with Crippen molar-refractivity contribution in [1.82, 2.24) is 20.5 Å². The van der Waals surface area contributed by atoms with Crippen LogP contribution in [0.2, 0.25) is 0 Å². The van der Waals surface area contributed by atoms with Crippen LogP contribution in [-0.2, 0) is 7.05 Å². The number of imidazole rings is 1. The van der Waals surface area contributed by atoms with E-state index in [4.69, 9.17) is 0 Å². The highest BCUT2D eigenvalue weighted by atomic mass is 16.2. The molecule has 0 unspecified atom stereocenters. The summed E-state index contributed by atoms with van der Waals surface area (Å²) in [6.07, 6.45) is 1.57. The van der Waals surface area contributed by atoms with Gasteiger partial charge in [0.2, 0.25) is 0 Å². The molecule has 2 rings (SSSR count). The van der Waals surface area contributed by atoms with Crippen molar-refractivity contribution < 1.29 is 4.79 Å². The Kier molecular flexibility index (Phi) is 2.86. The van der Waals surface area contributed by atoms with Gasteiger partial charge >= 0.3 is 0 Å². The highest BCUT2D eigenvalue weighted by molar-refractivity contribution is 5.97. The number of aromatic nitrogens is 2. The maximum Gasteiger partial charge on any atom is 0.289 e. The van der Waals surface area contributed by atoms with Crippen molar-refractivity contribution in [2.75, 3.05) is 5.43 Å². The minimum Gasteiger partial charge on any atom is -0.319 e. The van der Waals surface area contributed by atoms with Gasteiger partial charge in [-0.05, 0) is 0 Å². The van der Waals surface area contributed by atoms with E-state index >= 15 is 0 Å². The largest absolute Gasteiger partial charge is 0.319 e. The number of aryl methyl sites for hydroxylation is 1. The molecule has 0 fully saturated rings. The molecule has 1 aromatic heterocycles. The quantitative estimate of drug-likeness (QED) is 0.530. The number of hydrazine groups is 2. The third kappa shape index (κ3) is 1.62. The molecule has 1 aromatic rings. The number of nitrogens with one attached hydrogen (secondary N) is 3. The zero-order valence-corrected chi connectivity index (χ0v) is 7.88. The first-order valence-electron chi connectivity index (χ1n) is 4.11. The van der Waals surface area contributed by atoms with E-state index in [1.54, 1.807) is 17.9 Å². The molecule has 0 atom stereocenters. The number of nitrogens with zero attached hydrogens (tertiary/aromatic N) is 2. The lowest BCUT2D eigenvalue weighted by atomic mass is 10.4. The van der Waals surface area contributed by atoms with Gasteiger partial charge in [0.1, 0.15) is 0 Å². The lowest BCUT2D eigenvalue weighted by Crippen LogP contribution is -2.46. The molecular formula is C7H13N5O. The smallest absolute Gasteiger partial charge is 0.289 e. The van der Waals surface area contributed by atoms with Crippen molar-refractivity contribution in [1.29, 1.82) is 0 Å². The molecule has 0 spiro atoms. The van der Waals surface area contributed by atoms with Gasteiger partial charge < -0.3 is 4.57 Å². The fraction of sp³-hybridized carbons (Fsp3) is 0.429. The molecule has 0 bridgehead atoms. The first kappa shape index (κ1) is 9.53. The molecule has 1 aliphatic heterocycles. The van der Waals surface area contributed by atoms with Crippen molar-refractivity contribution in [2.24, 2.45) is 7.05 Å². The Labute approximate surface area is 76.3 Å². The molecule has 0 saturated heterocycles. The number of amides is 1. The summed E-state index contributed by atoms with van der Waals surface area (Å²) in [6.45, 7) is 4.00. The summed E-state index contributed by atoms with van der Waals surface area (Å²) < 4.78 is 1.72. The molecule has 72 valence electrons. The van der Waals surface area contributed by atoms with Crippen LogP contribution < -0.4 is 16.4 Å². The van der Waals surface area contributed by atoms with Crippen molar-refractivity contribution in [3.63, 3.8) is 0 Å². The lowest BCUT2D eigenvalue weighted by molar-refractivity contribution is 0.0926. The number of carbonyl (C=O) groups excluding carboxylic acids is 1. The summed E-state index contributed by atoms with van der Waals surface area (Å²) in [5.41, 5.74) is 8.05. The Balaban J connectivity index is 0.000000396. The van der Waals surface area contributed by atoms with Crippen LogP contribution in [0, 0.1) is 0 Å². The Bertz CT molecular complexity index is 306. The van der Waals surface area contributed by atoms with Crippen LogP contribution in [0.5, 0.6) is 0 Å². The van der Waals surface area contributed by atoms with E-state index < -0.39 is 0 Å². The molecule has 0 aromatic carbocycles. The molecule has 0 radical (unpaired) electrons. The second-order valence-corrected chi connectivity index (χ2v) is 2.26. The Morgan fingerprint density at radius 1 is 1.38 bits per heavy atom. The topological polar surface area (TPSA) is 71.0 Å². The third-order valence-electron chi connectivity index (χ3n) is 1.51. The van der Waals surface area contributed by atoms with Crippen molar-refractivity contribution in [3.8, 4) is 0 Å². The average Bonchev–Trinajstić information content (AvgIpc) is 2.53. The first-order chi connectivity index (χ1) is 6.29. The van der Waals surface area contributed by atoms with E-state index in [2.05, 4.69) is 21.4 Å². The summed E-state index contributed by atoms with van der Waals surface area (Å²) >= 11 is 0. The lowest BCUT2D eigenvalue weighted by Gasteiger charge is -2.15. The van der Waals surface area contributed by atoms with Gasteiger partial charge in [-0.25, -0.2) is 4.98 Å². The van der Waals surface area contributed by atoms with E-state index in [1.165, 1.54) is 0 Å². The van der Waals surface area contributed by atoms with Gasteiger partial charge in [0.05, 0.1) is 6.33 Å². The predicted molar refractivity (Wildman–Crippen MR) is 48.8 cm³/mol. The summed E-state index contributed by atoms with van der Waals surface area (Å²) in [6, 6.07) is 0. The van der Waals surface area contributed by atoms with Gasteiger partial charge in [0.15, 0.2) is 11.5 Å². The maximum atomic E-state index is 11.0. The van der Waals surface area contributed by atoms with Crippen LogP contribution in [0.1, 0.15) is 24.3 Å². The van der Waals surface area contributed by atoms with Gasteiger partial charge in [-0.2, -0.15) is 0 Å². The second-order valence-electron chi connectivity index (χ2n) is 2.26. The zero-order valence-electron chi connectivity index (χ0n) is 7.88. The molecule has 1 aliphatic rings. The molecule has 1 amide bonds. The van der Waals surface area contributed by atoms with E-state index in [0.29, 0.717) is 11.5 Å². The van der Waals surface area contributed by atoms with Gasteiger partial charge in [0.25, 0.3) is 5.91 Å². The molecule has 3 N–H and O–H groups in total. The van der Waals surface area contributed by atoms with Crippen LogP contribution >= 0.6 is 0 Å². The number of rotatable bonds is 0. The van der Waals surface area contributed by atoms with E-state index in [1.807, 2.05) is 13.8 Å². The minimum absolute atomic E-state index is 0.223. The van der Waals surface area contributed by atoms with Gasteiger partial charge in [-0.3, -0.25) is 15.6 Å². The molecule has 6 nitrogen and oxygen atoms in total. The minimum atomic E-state index is -0.223. The normalized spacial score (nSPS) is 13.3. The number of hydrogen-bond acceptors (Lipinski definition) is 4. The van der Waals surface area contributed by atoms with Gasteiger partial charge in [0, 0.05) is 7.05 Å². The summed E-state index contributed by atoms with van der Waals surface area (Å²) in [7, 11) is 1.80. The predicted octanol–water partition coefficient (Wildman–Crippen LogP) is 0.0212. The average molecular weight is 183 g/mol. The highest BCUT2D eigenvalue weighted by Crippen LogP contribution is 2.12. The Morgan fingerprint density at radius 2 is 2.08 bits per heavy atom. The van der Waals surface area contributed by atoms with Crippen LogP contribution in [0.3, 0.4) is 0 Å². The van der Waals surface area contributed by atoms with Crippen LogP contribution in [0.4, 0.5) is 5.82 Å². The number of hydrogen-bond donors (Lipinski definition) is 3. The van der Waals surface area contributed by atoms with Crippen LogP contribution in [-0.4, -0.2) is 15.5 Å². The van der Waals surface area contributed by atoms with Crippen LogP contribution in [0.25, 0.3) is 0 Å². The fourth-order valence-corrected chi connectivity index (χ4v) is 0.950. The fourth-order valence-electron chi connectivity index (χ4n) is 0.950.